The number of rotatable bonds is 7. The maximum Gasteiger partial charge on any atom is 0.323 e. The van der Waals surface area contributed by atoms with Gasteiger partial charge in [-0.15, -0.1) is 23.1 Å². The number of carbonyl (C=O) groups excluding carboxylic acids is 2. The Labute approximate surface area is 200 Å². The first-order chi connectivity index (χ1) is 16.0. The Hall–Kier alpha value is -3.62. The van der Waals surface area contributed by atoms with E-state index in [4.69, 9.17) is 0 Å². The van der Waals surface area contributed by atoms with Crippen LogP contribution in [0.15, 0.2) is 89.1 Å². The molecule has 0 spiro atoms. The summed E-state index contributed by atoms with van der Waals surface area (Å²) < 4.78 is 0. The number of carbonyl (C=O) groups is 2. The van der Waals surface area contributed by atoms with E-state index in [1.54, 1.807) is 71.6 Å². The first-order valence-corrected chi connectivity index (χ1v) is 12.1. The van der Waals surface area contributed by atoms with Gasteiger partial charge < -0.3 is 16.0 Å². The van der Waals surface area contributed by atoms with Crippen molar-refractivity contribution in [2.24, 2.45) is 0 Å². The number of urea groups is 1. The monoisotopic (exact) mass is 474 g/mol. The van der Waals surface area contributed by atoms with Gasteiger partial charge in [0.15, 0.2) is 0 Å². The molecule has 0 saturated carbocycles. The number of amides is 3. The van der Waals surface area contributed by atoms with Crippen LogP contribution in [-0.4, -0.2) is 16.9 Å². The van der Waals surface area contributed by atoms with E-state index in [0.717, 1.165) is 21.3 Å². The highest BCUT2D eigenvalue weighted by molar-refractivity contribution is 7.98. The molecule has 3 amide bonds. The van der Waals surface area contributed by atoms with Gasteiger partial charge in [0, 0.05) is 38.7 Å². The van der Waals surface area contributed by atoms with Crippen LogP contribution in [0.3, 0.4) is 0 Å². The standard InChI is InChI=1S/C25H22N4O2S2/c1-17-26-22(15-32-17)16-33-23-12-10-18(11-13-23)24(30)27-20-8-5-9-21(14-20)29-25(31)28-19-6-3-2-4-7-19/h2-15H,16H2,1H3,(H,27,30)(H2,28,29,31). The fourth-order valence-electron chi connectivity index (χ4n) is 3.03. The van der Waals surface area contributed by atoms with Crippen molar-refractivity contribution < 1.29 is 9.59 Å². The molecule has 0 unspecified atom stereocenters. The highest BCUT2D eigenvalue weighted by Crippen LogP contribution is 2.24. The van der Waals surface area contributed by atoms with E-state index in [0.29, 0.717) is 22.6 Å². The fourth-order valence-corrected chi connectivity index (χ4v) is 4.54. The van der Waals surface area contributed by atoms with Gasteiger partial charge in [0.05, 0.1) is 10.7 Å². The molecule has 166 valence electrons. The summed E-state index contributed by atoms with van der Waals surface area (Å²) in [5, 5.41) is 11.5. The number of aromatic nitrogens is 1. The van der Waals surface area contributed by atoms with Crippen molar-refractivity contribution in [3.63, 3.8) is 0 Å². The van der Waals surface area contributed by atoms with Crippen LogP contribution in [0.25, 0.3) is 0 Å². The Kier molecular flexibility index (Phi) is 7.39. The smallest absolute Gasteiger partial charge is 0.322 e. The number of hydrogen-bond donors (Lipinski definition) is 3. The molecule has 0 aliphatic carbocycles. The Bertz CT molecular complexity index is 1240. The summed E-state index contributed by atoms with van der Waals surface area (Å²) in [7, 11) is 0. The first kappa shape index (κ1) is 22.6. The van der Waals surface area contributed by atoms with Gasteiger partial charge in [0.25, 0.3) is 5.91 Å². The number of para-hydroxylation sites is 1. The molecular weight excluding hydrogens is 452 g/mol. The van der Waals surface area contributed by atoms with Crippen molar-refractivity contribution in [2.45, 2.75) is 17.6 Å². The quantitative estimate of drug-likeness (QED) is 0.262. The number of thiazole rings is 1. The third kappa shape index (κ3) is 6.68. The normalized spacial score (nSPS) is 10.5. The van der Waals surface area contributed by atoms with Gasteiger partial charge in [0.2, 0.25) is 0 Å². The molecule has 4 rings (SSSR count). The minimum Gasteiger partial charge on any atom is -0.322 e. The van der Waals surface area contributed by atoms with Crippen molar-refractivity contribution in [3.05, 3.63) is 101 Å². The maximum absolute atomic E-state index is 12.7. The van der Waals surface area contributed by atoms with Gasteiger partial charge in [-0.1, -0.05) is 24.3 Å². The third-order valence-corrected chi connectivity index (χ3v) is 6.45. The summed E-state index contributed by atoms with van der Waals surface area (Å²) in [5.74, 6) is 0.584. The van der Waals surface area contributed by atoms with Crippen LogP contribution < -0.4 is 16.0 Å². The molecule has 0 aliphatic heterocycles. The Morgan fingerprint density at radius 1 is 0.848 bits per heavy atom. The Morgan fingerprint density at radius 3 is 2.21 bits per heavy atom. The fraction of sp³-hybridized carbons (Fsp3) is 0.0800. The molecule has 1 aromatic heterocycles. The molecular formula is C25H22N4O2S2. The summed E-state index contributed by atoms with van der Waals surface area (Å²) in [5.41, 5.74) is 3.49. The van der Waals surface area contributed by atoms with Crippen molar-refractivity contribution in [1.29, 1.82) is 0 Å². The average molecular weight is 475 g/mol. The molecule has 0 aliphatic rings. The number of nitrogens with one attached hydrogen (secondary N) is 3. The van der Waals surface area contributed by atoms with Crippen molar-refractivity contribution in [2.75, 3.05) is 16.0 Å². The SMILES string of the molecule is Cc1nc(CSc2ccc(C(=O)Nc3cccc(NC(=O)Nc4ccccc4)c3)cc2)cs1. The lowest BCUT2D eigenvalue weighted by Gasteiger charge is -2.10. The predicted molar refractivity (Wildman–Crippen MR) is 136 cm³/mol. The number of thioether (sulfide) groups is 1. The minimum absolute atomic E-state index is 0.215. The van der Waals surface area contributed by atoms with Crippen LogP contribution in [-0.2, 0) is 5.75 Å². The second-order valence-corrected chi connectivity index (χ2v) is 9.26. The third-order valence-electron chi connectivity index (χ3n) is 4.58. The summed E-state index contributed by atoms with van der Waals surface area (Å²) in [4.78, 5) is 30.4. The van der Waals surface area contributed by atoms with E-state index in [1.807, 2.05) is 37.3 Å². The molecule has 1 heterocycles. The molecule has 0 bridgehead atoms. The van der Waals surface area contributed by atoms with Crippen LogP contribution in [0.5, 0.6) is 0 Å². The van der Waals surface area contributed by atoms with E-state index >= 15 is 0 Å². The maximum atomic E-state index is 12.7. The summed E-state index contributed by atoms with van der Waals surface area (Å²) in [6.45, 7) is 2.00. The molecule has 0 fully saturated rings. The van der Waals surface area contributed by atoms with Crippen LogP contribution in [0.2, 0.25) is 0 Å². The van der Waals surface area contributed by atoms with Gasteiger partial charge in [0.1, 0.15) is 0 Å². The summed E-state index contributed by atoms with van der Waals surface area (Å²) in [6, 6.07) is 23.3. The summed E-state index contributed by atoms with van der Waals surface area (Å²) in [6.07, 6.45) is 0. The Balaban J connectivity index is 1.32. The highest BCUT2D eigenvalue weighted by Gasteiger charge is 2.09. The lowest BCUT2D eigenvalue weighted by atomic mass is 10.2. The molecule has 8 heteroatoms. The van der Waals surface area contributed by atoms with Crippen molar-refractivity contribution >= 4 is 52.1 Å². The zero-order valence-corrected chi connectivity index (χ0v) is 19.5. The number of hydrogen-bond acceptors (Lipinski definition) is 5. The van der Waals surface area contributed by atoms with Crippen molar-refractivity contribution in [3.8, 4) is 0 Å². The van der Waals surface area contributed by atoms with Gasteiger partial charge >= 0.3 is 6.03 Å². The van der Waals surface area contributed by atoms with E-state index < -0.39 is 0 Å². The van der Waals surface area contributed by atoms with Crippen LogP contribution in [0.1, 0.15) is 21.1 Å². The van der Waals surface area contributed by atoms with E-state index in [-0.39, 0.29) is 11.9 Å². The van der Waals surface area contributed by atoms with Gasteiger partial charge in [-0.3, -0.25) is 4.79 Å². The second kappa shape index (κ2) is 10.8. The molecule has 3 aromatic carbocycles. The molecule has 33 heavy (non-hydrogen) atoms. The minimum atomic E-state index is -0.356. The van der Waals surface area contributed by atoms with E-state index in [9.17, 15) is 9.59 Å². The molecule has 0 saturated heterocycles. The predicted octanol–water partition coefficient (Wildman–Crippen LogP) is 6.64. The van der Waals surface area contributed by atoms with Gasteiger partial charge in [-0.2, -0.15) is 0 Å². The number of aryl methyl sites for hydroxylation is 1. The van der Waals surface area contributed by atoms with Crippen molar-refractivity contribution in [1.82, 2.24) is 4.98 Å². The first-order valence-electron chi connectivity index (χ1n) is 10.2. The highest BCUT2D eigenvalue weighted by atomic mass is 32.2. The molecule has 0 radical (unpaired) electrons. The lowest BCUT2D eigenvalue weighted by Crippen LogP contribution is -2.19. The van der Waals surface area contributed by atoms with Crippen LogP contribution in [0.4, 0.5) is 21.9 Å². The lowest BCUT2D eigenvalue weighted by molar-refractivity contribution is 0.102. The second-order valence-electron chi connectivity index (χ2n) is 7.15. The average Bonchev–Trinajstić information content (AvgIpc) is 3.24. The Morgan fingerprint density at radius 2 is 1.52 bits per heavy atom. The van der Waals surface area contributed by atoms with Gasteiger partial charge in [-0.05, 0) is 61.5 Å². The largest absolute Gasteiger partial charge is 0.323 e. The van der Waals surface area contributed by atoms with E-state index in [2.05, 4.69) is 26.3 Å². The summed E-state index contributed by atoms with van der Waals surface area (Å²) >= 11 is 3.33. The zero-order valence-electron chi connectivity index (χ0n) is 17.9. The zero-order chi connectivity index (χ0) is 23.0. The topological polar surface area (TPSA) is 83.1 Å². The van der Waals surface area contributed by atoms with Gasteiger partial charge in [-0.25, -0.2) is 9.78 Å². The number of nitrogens with zero attached hydrogens (tertiary/aromatic N) is 1. The van der Waals surface area contributed by atoms with Crippen LogP contribution in [0, 0.1) is 6.92 Å². The number of benzene rings is 3. The van der Waals surface area contributed by atoms with Crippen LogP contribution >= 0.6 is 23.1 Å². The molecule has 3 N–H and O–H groups in total. The molecule has 4 aromatic rings. The number of anilines is 3. The molecule has 0 atom stereocenters. The van der Waals surface area contributed by atoms with E-state index in [1.165, 1.54) is 0 Å². The molecule has 6 nitrogen and oxygen atoms in total.